The summed E-state index contributed by atoms with van der Waals surface area (Å²) in [6.45, 7) is 0. The first-order valence-electron chi connectivity index (χ1n) is 5.73. The highest BCUT2D eigenvalue weighted by Gasteiger charge is 2.23. The molecule has 0 aliphatic heterocycles. The third-order valence-electron chi connectivity index (χ3n) is 3.10. The van der Waals surface area contributed by atoms with E-state index in [4.69, 9.17) is 4.74 Å². The zero-order chi connectivity index (χ0) is 10.8. The maximum atomic E-state index is 6.00. The van der Waals surface area contributed by atoms with Gasteiger partial charge in [0.05, 0.1) is 0 Å². The molecule has 0 radical (unpaired) electrons. The van der Waals surface area contributed by atoms with Crippen molar-refractivity contribution in [2.75, 3.05) is 0 Å². The first-order chi connectivity index (χ1) is 7.93. The summed E-state index contributed by atoms with van der Waals surface area (Å²) in [4.78, 5) is 0. The fraction of sp³-hybridized carbons (Fsp3) is 0.200. The standard InChI is InChI=1S/C15H14O/c1-2-7-13(8-3-1)16-15-11-10-12-6-4-5-9-14(12)15/h1-9,15H,10-11H2. The summed E-state index contributed by atoms with van der Waals surface area (Å²) in [5.41, 5.74) is 2.79. The number of hydrogen-bond donors (Lipinski definition) is 0. The summed E-state index contributed by atoms with van der Waals surface area (Å²) in [6.07, 6.45) is 2.46. The summed E-state index contributed by atoms with van der Waals surface area (Å²) in [6, 6.07) is 18.6. The van der Waals surface area contributed by atoms with Gasteiger partial charge < -0.3 is 4.74 Å². The van der Waals surface area contributed by atoms with Crippen LogP contribution in [0.4, 0.5) is 0 Å². The molecule has 2 aromatic carbocycles. The van der Waals surface area contributed by atoms with Crippen LogP contribution in [0.25, 0.3) is 0 Å². The van der Waals surface area contributed by atoms with Crippen LogP contribution in [-0.4, -0.2) is 0 Å². The van der Waals surface area contributed by atoms with Gasteiger partial charge >= 0.3 is 0 Å². The van der Waals surface area contributed by atoms with Crippen LogP contribution in [0.3, 0.4) is 0 Å². The highest BCUT2D eigenvalue weighted by molar-refractivity contribution is 5.34. The van der Waals surface area contributed by atoms with Gasteiger partial charge in [-0.05, 0) is 36.1 Å². The van der Waals surface area contributed by atoms with Crippen molar-refractivity contribution in [3.05, 3.63) is 65.7 Å². The molecule has 0 fully saturated rings. The molecular weight excluding hydrogens is 196 g/mol. The number of para-hydroxylation sites is 1. The van der Waals surface area contributed by atoms with Gasteiger partial charge in [0.25, 0.3) is 0 Å². The molecule has 0 N–H and O–H groups in total. The monoisotopic (exact) mass is 210 g/mol. The van der Waals surface area contributed by atoms with Gasteiger partial charge in [0.1, 0.15) is 11.9 Å². The van der Waals surface area contributed by atoms with Crippen LogP contribution in [0.15, 0.2) is 54.6 Å². The highest BCUT2D eigenvalue weighted by atomic mass is 16.5. The Kier molecular flexibility index (Phi) is 2.37. The molecule has 0 heterocycles. The van der Waals surface area contributed by atoms with E-state index in [9.17, 15) is 0 Å². The van der Waals surface area contributed by atoms with E-state index in [0.717, 1.165) is 18.6 Å². The van der Waals surface area contributed by atoms with E-state index in [-0.39, 0.29) is 6.10 Å². The molecular formula is C15H14O. The van der Waals surface area contributed by atoms with Crippen molar-refractivity contribution in [1.82, 2.24) is 0 Å². The highest BCUT2D eigenvalue weighted by Crippen LogP contribution is 2.34. The molecule has 1 heteroatoms. The second-order valence-electron chi connectivity index (χ2n) is 4.16. The van der Waals surface area contributed by atoms with Crippen molar-refractivity contribution in [3.8, 4) is 5.75 Å². The second-order valence-corrected chi connectivity index (χ2v) is 4.16. The number of hydrogen-bond acceptors (Lipinski definition) is 1. The number of benzene rings is 2. The van der Waals surface area contributed by atoms with Crippen LogP contribution < -0.4 is 4.74 Å². The van der Waals surface area contributed by atoms with E-state index in [1.165, 1.54) is 11.1 Å². The molecule has 1 nitrogen and oxygen atoms in total. The molecule has 0 amide bonds. The zero-order valence-corrected chi connectivity index (χ0v) is 9.10. The summed E-state index contributed by atoms with van der Waals surface area (Å²) < 4.78 is 6.00. The van der Waals surface area contributed by atoms with Crippen molar-refractivity contribution in [2.45, 2.75) is 18.9 Å². The Morgan fingerprint density at radius 2 is 1.62 bits per heavy atom. The zero-order valence-electron chi connectivity index (χ0n) is 9.10. The summed E-state index contributed by atoms with van der Waals surface area (Å²) in [7, 11) is 0. The number of rotatable bonds is 2. The van der Waals surface area contributed by atoms with Crippen LogP contribution in [0.5, 0.6) is 5.75 Å². The average molecular weight is 210 g/mol. The van der Waals surface area contributed by atoms with Crippen LogP contribution >= 0.6 is 0 Å². The summed E-state index contributed by atoms with van der Waals surface area (Å²) in [5.74, 6) is 0.962. The lowest BCUT2D eigenvalue weighted by atomic mass is 10.1. The molecule has 1 unspecified atom stereocenters. The van der Waals surface area contributed by atoms with Crippen molar-refractivity contribution in [3.63, 3.8) is 0 Å². The van der Waals surface area contributed by atoms with E-state index in [1.807, 2.05) is 30.3 Å². The summed E-state index contributed by atoms with van der Waals surface area (Å²) >= 11 is 0. The van der Waals surface area contributed by atoms with Gasteiger partial charge in [-0.1, -0.05) is 42.5 Å². The fourth-order valence-corrected chi connectivity index (χ4v) is 2.30. The number of aryl methyl sites for hydroxylation is 1. The lowest BCUT2D eigenvalue weighted by molar-refractivity contribution is 0.207. The van der Waals surface area contributed by atoms with E-state index in [1.54, 1.807) is 0 Å². The van der Waals surface area contributed by atoms with Crippen molar-refractivity contribution >= 4 is 0 Å². The molecule has 0 spiro atoms. The number of fused-ring (bicyclic) bond motifs is 1. The Morgan fingerprint density at radius 1 is 0.875 bits per heavy atom. The Hall–Kier alpha value is -1.76. The Morgan fingerprint density at radius 3 is 2.50 bits per heavy atom. The minimum absolute atomic E-state index is 0.235. The largest absolute Gasteiger partial charge is 0.486 e. The first-order valence-corrected chi connectivity index (χ1v) is 5.73. The number of ether oxygens (including phenoxy) is 1. The predicted octanol–water partition coefficient (Wildman–Crippen LogP) is 3.75. The van der Waals surface area contributed by atoms with Gasteiger partial charge in [0.2, 0.25) is 0 Å². The van der Waals surface area contributed by atoms with Gasteiger partial charge in [-0.2, -0.15) is 0 Å². The van der Waals surface area contributed by atoms with Gasteiger partial charge in [0, 0.05) is 0 Å². The van der Waals surface area contributed by atoms with Crippen LogP contribution in [0.1, 0.15) is 23.7 Å². The van der Waals surface area contributed by atoms with Gasteiger partial charge in [-0.15, -0.1) is 0 Å². The molecule has 3 rings (SSSR count). The molecule has 1 aliphatic carbocycles. The quantitative estimate of drug-likeness (QED) is 0.733. The molecule has 0 aromatic heterocycles. The molecule has 0 saturated heterocycles. The molecule has 2 aromatic rings. The molecule has 80 valence electrons. The lowest BCUT2D eigenvalue weighted by Crippen LogP contribution is -2.02. The predicted molar refractivity (Wildman–Crippen MR) is 64.6 cm³/mol. The minimum atomic E-state index is 0.235. The Labute approximate surface area is 95.7 Å². The van der Waals surface area contributed by atoms with Crippen molar-refractivity contribution in [2.24, 2.45) is 0 Å². The third kappa shape index (κ3) is 1.69. The Balaban J connectivity index is 1.84. The lowest BCUT2D eigenvalue weighted by Gasteiger charge is -2.14. The van der Waals surface area contributed by atoms with Crippen molar-refractivity contribution < 1.29 is 4.74 Å². The molecule has 0 saturated carbocycles. The van der Waals surface area contributed by atoms with Crippen molar-refractivity contribution in [1.29, 1.82) is 0 Å². The summed E-state index contributed by atoms with van der Waals surface area (Å²) in [5, 5.41) is 0. The van der Waals surface area contributed by atoms with E-state index < -0.39 is 0 Å². The van der Waals surface area contributed by atoms with Gasteiger partial charge in [-0.25, -0.2) is 0 Å². The maximum Gasteiger partial charge on any atom is 0.124 e. The SMILES string of the molecule is c1ccc(OC2CCc3ccccc32)cc1. The van der Waals surface area contributed by atoms with E-state index in [2.05, 4.69) is 24.3 Å². The van der Waals surface area contributed by atoms with Crippen LogP contribution in [0, 0.1) is 0 Å². The smallest absolute Gasteiger partial charge is 0.124 e. The molecule has 0 bridgehead atoms. The molecule has 1 atom stereocenters. The fourth-order valence-electron chi connectivity index (χ4n) is 2.30. The third-order valence-corrected chi connectivity index (χ3v) is 3.10. The van der Waals surface area contributed by atoms with E-state index >= 15 is 0 Å². The van der Waals surface area contributed by atoms with Gasteiger partial charge in [-0.3, -0.25) is 0 Å². The van der Waals surface area contributed by atoms with Crippen LogP contribution in [0.2, 0.25) is 0 Å². The van der Waals surface area contributed by atoms with Gasteiger partial charge in [0.15, 0.2) is 0 Å². The first kappa shape index (κ1) is 9.46. The van der Waals surface area contributed by atoms with E-state index in [0.29, 0.717) is 0 Å². The maximum absolute atomic E-state index is 6.00. The van der Waals surface area contributed by atoms with Crippen LogP contribution in [-0.2, 0) is 6.42 Å². The average Bonchev–Trinajstić information content (AvgIpc) is 2.74. The molecule has 16 heavy (non-hydrogen) atoms. The normalized spacial score (nSPS) is 18.1. The minimum Gasteiger partial charge on any atom is -0.486 e. The molecule has 1 aliphatic rings. The topological polar surface area (TPSA) is 9.23 Å². The second kappa shape index (κ2) is 4.01. The Bertz CT molecular complexity index is 476.